The number of ether oxygens (including phenoxy) is 1. The molecule has 0 aliphatic heterocycles. The summed E-state index contributed by atoms with van der Waals surface area (Å²) < 4.78 is 48.0. The minimum atomic E-state index is -4.94. The topological polar surface area (TPSA) is 94.3 Å². The zero-order valence-electron chi connectivity index (χ0n) is 12.6. The lowest BCUT2D eigenvalue weighted by atomic mass is 10.2. The first-order chi connectivity index (χ1) is 11.2. The highest BCUT2D eigenvalue weighted by Crippen LogP contribution is 2.33. The molecule has 0 aromatic carbocycles. The lowest BCUT2D eigenvalue weighted by molar-refractivity contribution is -0.141. The van der Waals surface area contributed by atoms with Gasteiger partial charge in [-0.05, 0) is 26.0 Å². The van der Waals surface area contributed by atoms with Gasteiger partial charge in [-0.15, -0.1) is 0 Å². The molecule has 10 heteroatoms. The van der Waals surface area contributed by atoms with Gasteiger partial charge in [0.25, 0.3) is 5.91 Å². The molecule has 2 aromatic rings. The third kappa shape index (κ3) is 3.89. The maximum atomic E-state index is 12.9. The number of alkyl halides is 3. The Bertz CT molecular complexity index is 771. The number of hydrogen-bond acceptors (Lipinski definition) is 6. The van der Waals surface area contributed by atoms with Gasteiger partial charge in [0.1, 0.15) is 0 Å². The number of hydrogen-bond donors (Lipinski definition) is 1. The molecule has 2 heterocycles. The van der Waals surface area contributed by atoms with Crippen LogP contribution in [0.2, 0.25) is 0 Å². The Kier molecular flexibility index (Phi) is 4.86. The highest BCUT2D eigenvalue weighted by molar-refractivity contribution is 6.03. The van der Waals surface area contributed by atoms with E-state index in [0.717, 1.165) is 0 Å². The first-order valence-corrected chi connectivity index (χ1v) is 6.71. The Hall–Kier alpha value is -2.91. The van der Waals surface area contributed by atoms with Crippen LogP contribution >= 0.6 is 0 Å². The Morgan fingerprint density at radius 2 is 2.08 bits per heavy atom. The number of oxazole rings is 1. The van der Waals surface area contributed by atoms with Gasteiger partial charge < -0.3 is 9.15 Å². The third-order valence-electron chi connectivity index (χ3n) is 2.74. The van der Waals surface area contributed by atoms with E-state index >= 15 is 0 Å². The molecule has 0 radical (unpaired) electrons. The molecule has 1 N–H and O–H groups in total. The first-order valence-electron chi connectivity index (χ1n) is 6.71. The van der Waals surface area contributed by atoms with Gasteiger partial charge in [0, 0.05) is 17.5 Å². The Balaban J connectivity index is 2.31. The van der Waals surface area contributed by atoms with Gasteiger partial charge in [0.15, 0.2) is 5.69 Å². The van der Waals surface area contributed by atoms with Crippen molar-refractivity contribution < 1.29 is 31.9 Å². The maximum absolute atomic E-state index is 12.9. The maximum Gasteiger partial charge on any atom is 0.437 e. The Morgan fingerprint density at radius 3 is 2.67 bits per heavy atom. The molecule has 0 unspecified atom stereocenters. The number of nitrogens with zero attached hydrogens (tertiary/aromatic N) is 2. The molecule has 1 amide bonds. The fraction of sp³-hybridized carbons (Fsp3) is 0.286. The molecular weight excluding hydrogens is 331 g/mol. The van der Waals surface area contributed by atoms with Gasteiger partial charge in [-0.3, -0.25) is 15.1 Å². The van der Waals surface area contributed by atoms with Crippen molar-refractivity contribution in [2.75, 3.05) is 11.9 Å². The molecule has 0 aliphatic carbocycles. The molecule has 0 saturated carbocycles. The van der Waals surface area contributed by atoms with Crippen molar-refractivity contribution in [3.63, 3.8) is 0 Å². The van der Waals surface area contributed by atoms with Crippen molar-refractivity contribution in [2.24, 2.45) is 0 Å². The van der Waals surface area contributed by atoms with Gasteiger partial charge in [-0.1, -0.05) is 0 Å². The summed E-state index contributed by atoms with van der Waals surface area (Å²) in [4.78, 5) is 30.6. The number of nitrogens with one attached hydrogen (secondary N) is 1. The number of carbonyl (C=O) groups is 2. The Morgan fingerprint density at radius 1 is 1.38 bits per heavy atom. The number of anilines is 1. The van der Waals surface area contributed by atoms with Gasteiger partial charge in [-0.2, -0.15) is 18.2 Å². The first kappa shape index (κ1) is 17.4. The van der Waals surface area contributed by atoms with Gasteiger partial charge >= 0.3 is 18.2 Å². The molecule has 0 aliphatic rings. The number of rotatable bonds is 4. The molecular formula is C14H12F3N3O4. The van der Waals surface area contributed by atoms with Gasteiger partial charge in [-0.25, -0.2) is 4.79 Å². The van der Waals surface area contributed by atoms with Crippen LogP contribution in [0.5, 0.6) is 0 Å². The highest BCUT2D eigenvalue weighted by Gasteiger charge is 2.42. The third-order valence-corrected chi connectivity index (χ3v) is 2.74. The fourth-order valence-corrected chi connectivity index (χ4v) is 1.76. The molecule has 0 saturated heterocycles. The van der Waals surface area contributed by atoms with Crippen LogP contribution in [-0.2, 0) is 10.9 Å². The van der Waals surface area contributed by atoms with E-state index in [-0.39, 0.29) is 12.2 Å². The monoisotopic (exact) mass is 343 g/mol. The summed E-state index contributed by atoms with van der Waals surface area (Å²) in [5, 5.41) is 2.06. The van der Waals surface area contributed by atoms with Crippen LogP contribution < -0.4 is 5.32 Å². The molecule has 2 rings (SSSR count). The van der Waals surface area contributed by atoms with Crippen molar-refractivity contribution in [3.8, 4) is 0 Å². The smallest absolute Gasteiger partial charge is 0.437 e. The van der Waals surface area contributed by atoms with Crippen molar-refractivity contribution in [1.29, 1.82) is 0 Å². The summed E-state index contributed by atoms with van der Waals surface area (Å²) in [5.41, 5.74) is -0.882. The van der Waals surface area contributed by atoms with E-state index in [9.17, 15) is 22.8 Å². The van der Waals surface area contributed by atoms with Crippen LogP contribution in [0, 0.1) is 6.92 Å². The zero-order valence-corrected chi connectivity index (χ0v) is 12.6. The number of amides is 1. The highest BCUT2D eigenvalue weighted by atomic mass is 19.4. The average Bonchev–Trinajstić information content (AvgIpc) is 2.91. The second-order valence-corrected chi connectivity index (χ2v) is 4.56. The molecule has 0 spiro atoms. The van der Waals surface area contributed by atoms with Crippen LogP contribution in [0.1, 0.15) is 39.2 Å². The predicted octanol–water partition coefficient (Wildman–Crippen LogP) is 2.83. The molecule has 0 atom stereocenters. The number of carbonyl (C=O) groups excluding carboxylic acids is 2. The molecule has 0 bridgehead atoms. The molecule has 0 fully saturated rings. The predicted molar refractivity (Wildman–Crippen MR) is 74.4 cm³/mol. The summed E-state index contributed by atoms with van der Waals surface area (Å²) in [6.45, 7) is 2.92. The molecule has 128 valence electrons. The molecule has 7 nitrogen and oxygen atoms in total. The van der Waals surface area contributed by atoms with Crippen molar-refractivity contribution >= 4 is 17.9 Å². The molecule has 2 aromatic heterocycles. The van der Waals surface area contributed by atoms with E-state index in [4.69, 9.17) is 4.42 Å². The van der Waals surface area contributed by atoms with Gasteiger partial charge in [0.05, 0.1) is 6.61 Å². The largest absolute Gasteiger partial charge is 0.460 e. The SMILES string of the molecule is CCOC(=O)c1oc(NC(=O)c2ccnc(C)c2)nc1C(F)(F)F. The fourth-order valence-electron chi connectivity index (χ4n) is 1.76. The van der Waals surface area contributed by atoms with E-state index in [2.05, 4.69) is 20.0 Å². The second-order valence-electron chi connectivity index (χ2n) is 4.56. The van der Waals surface area contributed by atoms with Crippen LogP contribution in [0.4, 0.5) is 19.2 Å². The minimum absolute atomic E-state index is 0.144. The lowest BCUT2D eigenvalue weighted by Crippen LogP contribution is -2.14. The Labute approximate surface area is 133 Å². The average molecular weight is 343 g/mol. The standard InChI is InChI=1S/C14H12F3N3O4/c1-3-23-12(22)9-10(14(15,16)17)19-13(24-9)20-11(21)8-4-5-18-7(2)6-8/h4-6H,3H2,1-2H3,(H,19,20,21). The van der Waals surface area contributed by atoms with E-state index in [1.54, 1.807) is 6.92 Å². The molecule has 24 heavy (non-hydrogen) atoms. The van der Waals surface area contributed by atoms with E-state index in [0.29, 0.717) is 5.69 Å². The van der Waals surface area contributed by atoms with Crippen molar-refractivity contribution in [1.82, 2.24) is 9.97 Å². The van der Waals surface area contributed by atoms with E-state index < -0.39 is 35.5 Å². The van der Waals surface area contributed by atoms with Gasteiger partial charge in [0.2, 0.25) is 5.76 Å². The normalized spacial score (nSPS) is 11.2. The summed E-state index contributed by atoms with van der Waals surface area (Å²) in [6, 6.07) is 2.03. The quantitative estimate of drug-likeness (QED) is 0.858. The minimum Gasteiger partial charge on any atom is -0.460 e. The van der Waals surface area contributed by atoms with Crippen LogP contribution in [0.3, 0.4) is 0 Å². The number of aromatic nitrogens is 2. The van der Waals surface area contributed by atoms with E-state index in [1.165, 1.54) is 25.3 Å². The van der Waals surface area contributed by atoms with Crippen LogP contribution in [-0.4, -0.2) is 28.5 Å². The number of halogens is 3. The summed E-state index contributed by atoms with van der Waals surface area (Å²) in [5.74, 6) is -3.20. The number of esters is 1. The van der Waals surface area contributed by atoms with Crippen LogP contribution in [0.25, 0.3) is 0 Å². The van der Waals surface area contributed by atoms with Crippen molar-refractivity contribution in [2.45, 2.75) is 20.0 Å². The number of aryl methyl sites for hydroxylation is 1. The summed E-state index contributed by atoms with van der Waals surface area (Å²) in [6.07, 6.45) is -3.58. The summed E-state index contributed by atoms with van der Waals surface area (Å²) >= 11 is 0. The lowest BCUT2D eigenvalue weighted by Gasteiger charge is -2.03. The van der Waals surface area contributed by atoms with E-state index in [1.807, 2.05) is 0 Å². The summed E-state index contributed by atoms with van der Waals surface area (Å²) in [7, 11) is 0. The number of pyridine rings is 1. The second kappa shape index (κ2) is 6.69. The van der Waals surface area contributed by atoms with Crippen molar-refractivity contribution in [3.05, 3.63) is 41.0 Å². The van der Waals surface area contributed by atoms with Crippen LogP contribution in [0.15, 0.2) is 22.7 Å². The zero-order chi connectivity index (χ0) is 17.9.